The highest BCUT2D eigenvalue weighted by Gasteiger charge is 2.20. The molecule has 0 aromatic heterocycles. The lowest BCUT2D eigenvalue weighted by Gasteiger charge is -2.21. The van der Waals surface area contributed by atoms with E-state index in [9.17, 15) is 9.59 Å². The van der Waals surface area contributed by atoms with E-state index < -0.39 is 0 Å². The molecule has 0 N–H and O–H groups in total. The molecule has 5 nitrogen and oxygen atoms in total. The van der Waals surface area contributed by atoms with E-state index >= 15 is 0 Å². The van der Waals surface area contributed by atoms with Crippen LogP contribution >= 0.6 is 0 Å². The highest BCUT2D eigenvalue weighted by Crippen LogP contribution is 2.25. The van der Waals surface area contributed by atoms with E-state index in [1.807, 2.05) is 18.2 Å². The van der Waals surface area contributed by atoms with Crippen molar-refractivity contribution < 1.29 is 23.8 Å². The SMILES string of the molecule is CCCCCCCCC(CCCCCC)CC(=O)OCC(CCCCOCc1ccccc1)COC(=O)CC(CCCCCC)CCCCCCCC. The summed E-state index contributed by atoms with van der Waals surface area (Å²) in [6.07, 6.45) is 33.5. The lowest BCUT2D eigenvalue weighted by atomic mass is 9.91. The Hall–Kier alpha value is -1.88. The third-order valence-electron chi connectivity index (χ3n) is 11.0. The highest BCUT2D eigenvalue weighted by atomic mass is 16.5. The van der Waals surface area contributed by atoms with Gasteiger partial charge in [-0.2, -0.15) is 0 Å². The summed E-state index contributed by atoms with van der Waals surface area (Å²) in [7, 11) is 0. The minimum atomic E-state index is -0.0786. The van der Waals surface area contributed by atoms with Crippen LogP contribution in [-0.4, -0.2) is 31.8 Å². The summed E-state index contributed by atoms with van der Waals surface area (Å²) < 4.78 is 17.9. The van der Waals surface area contributed by atoms with E-state index in [0.29, 0.717) is 51.1 Å². The van der Waals surface area contributed by atoms with E-state index in [0.717, 1.165) is 44.9 Å². The van der Waals surface area contributed by atoms with Crippen molar-refractivity contribution in [3.05, 3.63) is 35.9 Å². The number of unbranched alkanes of at least 4 members (excludes halogenated alkanes) is 17. The number of hydrogen-bond acceptors (Lipinski definition) is 5. The molecule has 1 rings (SSSR count). The minimum absolute atomic E-state index is 0.0140. The van der Waals surface area contributed by atoms with Crippen molar-refractivity contribution in [2.75, 3.05) is 19.8 Å². The van der Waals surface area contributed by atoms with E-state index in [1.165, 1.54) is 134 Å². The normalized spacial score (nSPS) is 13.1. The lowest BCUT2D eigenvalue weighted by molar-refractivity contribution is -0.150. The molecule has 1 aromatic rings. The van der Waals surface area contributed by atoms with Gasteiger partial charge in [-0.3, -0.25) is 9.59 Å². The lowest BCUT2D eigenvalue weighted by Crippen LogP contribution is -2.23. The van der Waals surface area contributed by atoms with Gasteiger partial charge in [-0.25, -0.2) is 0 Å². The van der Waals surface area contributed by atoms with Crippen LogP contribution in [0.2, 0.25) is 0 Å². The zero-order chi connectivity index (χ0) is 38.5. The second kappa shape index (κ2) is 37.1. The zero-order valence-corrected chi connectivity index (χ0v) is 35.5. The first-order valence-corrected chi connectivity index (χ1v) is 22.9. The predicted molar refractivity (Wildman–Crippen MR) is 225 cm³/mol. The first kappa shape index (κ1) is 49.1. The van der Waals surface area contributed by atoms with E-state index in [1.54, 1.807) is 0 Å². The van der Waals surface area contributed by atoms with E-state index in [4.69, 9.17) is 14.2 Å². The van der Waals surface area contributed by atoms with Crippen LogP contribution in [0.15, 0.2) is 30.3 Å². The average Bonchev–Trinajstić information content (AvgIpc) is 3.16. The molecule has 0 heterocycles. The molecule has 0 bridgehead atoms. The fraction of sp³-hybridized carbons (Fsp3) is 0.833. The van der Waals surface area contributed by atoms with Crippen molar-refractivity contribution >= 4 is 11.9 Å². The first-order chi connectivity index (χ1) is 26.0. The Kier molecular flexibility index (Phi) is 34.4. The Balaban J connectivity index is 2.71. The Morgan fingerprint density at radius 3 is 1.25 bits per heavy atom. The molecule has 2 unspecified atom stereocenters. The number of ether oxygens (including phenoxy) is 3. The van der Waals surface area contributed by atoms with Gasteiger partial charge in [0.05, 0.1) is 19.8 Å². The van der Waals surface area contributed by atoms with Crippen LogP contribution in [0.1, 0.15) is 219 Å². The highest BCUT2D eigenvalue weighted by molar-refractivity contribution is 5.70. The Bertz CT molecular complexity index is 883. The van der Waals surface area contributed by atoms with Crippen LogP contribution in [0, 0.1) is 17.8 Å². The van der Waals surface area contributed by atoms with Gasteiger partial charge in [0.2, 0.25) is 0 Å². The van der Waals surface area contributed by atoms with Crippen molar-refractivity contribution in [3.63, 3.8) is 0 Å². The summed E-state index contributed by atoms with van der Waals surface area (Å²) in [5.41, 5.74) is 1.18. The molecule has 0 spiro atoms. The summed E-state index contributed by atoms with van der Waals surface area (Å²) in [6.45, 7) is 11.0. The smallest absolute Gasteiger partial charge is 0.306 e. The molecule has 0 amide bonds. The summed E-state index contributed by atoms with van der Waals surface area (Å²) in [5.74, 6) is 0.671. The molecule has 53 heavy (non-hydrogen) atoms. The maximum Gasteiger partial charge on any atom is 0.306 e. The fourth-order valence-electron chi connectivity index (χ4n) is 7.47. The summed E-state index contributed by atoms with van der Waals surface area (Å²) in [4.78, 5) is 26.5. The maximum absolute atomic E-state index is 13.2. The maximum atomic E-state index is 13.2. The third kappa shape index (κ3) is 31.1. The molecule has 1 aromatic carbocycles. The third-order valence-corrected chi connectivity index (χ3v) is 11.0. The number of benzene rings is 1. The second-order valence-electron chi connectivity index (χ2n) is 16.2. The summed E-state index contributed by atoms with van der Waals surface area (Å²) in [6, 6.07) is 10.3. The van der Waals surface area contributed by atoms with Crippen LogP contribution in [0.5, 0.6) is 0 Å². The summed E-state index contributed by atoms with van der Waals surface area (Å²) in [5, 5.41) is 0. The number of esters is 2. The molecule has 0 aliphatic heterocycles. The molecule has 0 fully saturated rings. The van der Waals surface area contributed by atoms with Gasteiger partial charge in [0.25, 0.3) is 0 Å². The number of rotatable bonds is 39. The Labute approximate surface area is 328 Å². The first-order valence-electron chi connectivity index (χ1n) is 22.9. The molecule has 0 aliphatic rings. The topological polar surface area (TPSA) is 61.8 Å². The Morgan fingerprint density at radius 2 is 0.811 bits per heavy atom. The molecule has 308 valence electrons. The van der Waals surface area contributed by atoms with Gasteiger partial charge in [0.15, 0.2) is 0 Å². The molecule has 0 radical (unpaired) electrons. The second-order valence-corrected chi connectivity index (χ2v) is 16.2. The van der Waals surface area contributed by atoms with E-state index in [-0.39, 0.29) is 17.9 Å². The van der Waals surface area contributed by atoms with E-state index in [2.05, 4.69) is 39.8 Å². The molecular weight excluding hydrogens is 657 g/mol. The van der Waals surface area contributed by atoms with Crippen LogP contribution in [0.25, 0.3) is 0 Å². The number of hydrogen-bond donors (Lipinski definition) is 0. The number of carbonyl (C=O) groups excluding carboxylic acids is 2. The monoisotopic (exact) mass is 743 g/mol. The number of carbonyl (C=O) groups is 2. The standard InChI is InChI=1S/C48H86O5/c1-5-9-13-17-19-24-32-43(30-22-15-11-7-3)38-47(49)52-41-46(36-28-29-37-51-40-45-34-26-21-27-35-45)42-53-48(50)39-44(31-23-16-12-8-4)33-25-20-18-14-10-6-2/h21,26-27,34-35,43-44,46H,5-20,22-25,28-33,36-42H2,1-4H3. The molecule has 0 saturated heterocycles. The molecular formula is C48H86O5. The zero-order valence-electron chi connectivity index (χ0n) is 35.5. The molecule has 0 saturated carbocycles. The van der Waals surface area contributed by atoms with Crippen LogP contribution in [0.3, 0.4) is 0 Å². The molecule has 0 aliphatic carbocycles. The van der Waals surface area contributed by atoms with Crippen molar-refractivity contribution in [1.29, 1.82) is 0 Å². The predicted octanol–water partition coefficient (Wildman–Crippen LogP) is 14.5. The molecule has 5 heteroatoms. The van der Waals surface area contributed by atoms with Gasteiger partial charge in [-0.1, -0.05) is 193 Å². The van der Waals surface area contributed by atoms with Gasteiger partial charge in [-0.05, 0) is 55.9 Å². The quantitative estimate of drug-likeness (QED) is 0.0496. The van der Waals surface area contributed by atoms with Gasteiger partial charge < -0.3 is 14.2 Å². The fourth-order valence-corrected chi connectivity index (χ4v) is 7.47. The van der Waals surface area contributed by atoms with Crippen LogP contribution < -0.4 is 0 Å². The average molecular weight is 743 g/mol. The van der Waals surface area contributed by atoms with Crippen LogP contribution in [0.4, 0.5) is 0 Å². The van der Waals surface area contributed by atoms with Crippen molar-refractivity contribution in [3.8, 4) is 0 Å². The van der Waals surface area contributed by atoms with Crippen molar-refractivity contribution in [2.45, 2.75) is 221 Å². The molecule has 2 atom stereocenters. The Morgan fingerprint density at radius 1 is 0.453 bits per heavy atom. The van der Waals surface area contributed by atoms with Gasteiger partial charge >= 0.3 is 11.9 Å². The van der Waals surface area contributed by atoms with Gasteiger partial charge in [0, 0.05) is 25.4 Å². The minimum Gasteiger partial charge on any atom is -0.465 e. The van der Waals surface area contributed by atoms with Crippen LogP contribution in [-0.2, 0) is 30.4 Å². The van der Waals surface area contributed by atoms with Crippen molar-refractivity contribution in [2.24, 2.45) is 17.8 Å². The van der Waals surface area contributed by atoms with Gasteiger partial charge in [-0.15, -0.1) is 0 Å². The van der Waals surface area contributed by atoms with Crippen molar-refractivity contribution in [1.82, 2.24) is 0 Å². The largest absolute Gasteiger partial charge is 0.465 e. The summed E-state index contributed by atoms with van der Waals surface area (Å²) >= 11 is 0. The van der Waals surface area contributed by atoms with Gasteiger partial charge in [0.1, 0.15) is 0 Å².